The summed E-state index contributed by atoms with van der Waals surface area (Å²) in [6.07, 6.45) is 0. The molecule has 1 N–H and O–H groups in total. The van der Waals surface area contributed by atoms with Crippen molar-refractivity contribution in [2.75, 3.05) is 11.9 Å². The summed E-state index contributed by atoms with van der Waals surface area (Å²) in [5, 5.41) is 3.98. The average Bonchev–Trinajstić information content (AvgIpc) is 2.25. The molecule has 0 saturated carbocycles. The normalized spacial score (nSPS) is 11.3. The maximum absolute atomic E-state index is 4.67. The Kier molecular flexibility index (Phi) is 5.93. The van der Waals surface area contributed by atoms with Gasteiger partial charge in [0, 0.05) is 17.8 Å². The first-order chi connectivity index (χ1) is 8.45. The lowest BCUT2D eigenvalue weighted by atomic mass is 10.0. The highest BCUT2D eigenvalue weighted by molar-refractivity contribution is 7.99. The van der Waals surface area contributed by atoms with Crippen LogP contribution < -0.4 is 5.32 Å². The third-order valence-corrected chi connectivity index (χ3v) is 3.74. The lowest BCUT2D eigenvalue weighted by Gasteiger charge is -2.16. The molecule has 0 aliphatic rings. The van der Waals surface area contributed by atoms with Crippen molar-refractivity contribution in [3.8, 4) is 0 Å². The molecule has 18 heavy (non-hydrogen) atoms. The standard InChI is InChI=1S/C14H25N3S/c1-7-15-14-13(9(2)3)11(6)16-12(17-14)8-18-10(4)5/h9-10H,7-8H2,1-6H3,(H,15,16,17). The van der Waals surface area contributed by atoms with Crippen LogP contribution in [0.4, 0.5) is 5.82 Å². The van der Waals surface area contributed by atoms with E-state index in [0.29, 0.717) is 11.2 Å². The van der Waals surface area contributed by atoms with Crippen molar-refractivity contribution in [1.82, 2.24) is 9.97 Å². The van der Waals surface area contributed by atoms with E-state index < -0.39 is 0 Å². The van der Waals surface area contributed by atoms with E-state index >= 15 is 0 Å². The summed E-state index contributed by atoms with van der Waals surface area (Å²) in [6, 6.07) is 0. The zero-order valence-electron chi connectivity index (χ0n) is 12.4. The van der Waals surface area contributed by atoms with Crippen molar-refractivity contribution in [1.29, 1.82) is 0 Å². The molecule has 0 amide bonds. The minimum atomic E-state index is 0.450. The van der Waals surface area contributed by atoms with Gasteiger partial charge in [-0.05, 0) is 25.0 Å². The van der Waals surface area contributed by atoms with Crippen LogP contribution in [0.2, 0.25) is 0 Å². The summed E-state index contributed by atoms with van der Waals surface area (Å²) in [5.41, 5.74) is 2.35. The molecule has 0 spiro atoms. The Labute approximate surface area is 115 Å². The van der Waals surface area contributed by atoms with E-state index in [2.05, 4.69) is 56.8 Å². The molecule has 0 aliphatic carbocycles. The SMILES string of the molecule is CCNc1nc(CSC(C)C)nc(C)c1C(C)C. The van der Waals surface area contributed by atoms with Gasteiger partial charge in [0.25, 0.3) is 0 Å². The number of nitrogens with zero attached hydrogens (tertiary/aromatic N) is 2. The number of rotatable bonds is 6. The highest BCUT2D eigenvalue weighted by Gasteiger charge is 2.14. The summed E-state index contributed by atoms with van der Waals surface area (Å²) in [7, 11) is 0. The Morgan fingerprint density at radius 3 is 2.33 bits per heavy atom. The van der Waals surface area contributed by atoms with E-state index in [0.717, 1.165) is 29.6 Å². The van der Waals surface area contributed by atoms with Crippen molar-refractivity contribution in [3.63, 3.8) is 0 Å². The Bertz CT molecular complexity index is 389. The van der Waals surface area contributed by atoms with Crippen LogP contribution in [-0.4, -0.2) is 21.8 Å². The molecule has 1 aromatic heterocycles. The minimum Gasteiger partial charge on any atom is -0.370 e. The Hall–Kier alpha value is -0.770. The zero-order valence-corrected chi connectivity index (χ0v) is 13.2. The number of anilines is 1. The molecule has 0 saturated heterocycles. The van der Waals surface area contributed by atoms with Crippen molar-refractivity contribution in [2.45, 2.75) is 58.5 Å². The van der Waals surface area contributed by atoms with Gasteiger partial charge in [-0.15, -0.1) is 0 Å². The molecule has 3 nitrogen and oxygen atoms in total. The lowest BCUT2D eigenvalue weighted by molar-refractivity contribution is 0.817. The zero-order chi connectivity index (χ0) is 13.7. The number of aryl methyl sites for hydroxylation is 1. The number of nitrogens with one attached hydrogen (secondary N) is 1. The molecule has 0 atom stereocenters. The highest BCUT2D eigenvalue weighted by atomic mass is 32.2. The van der Waals surface area contributed by atoms with Crippen molar-refractivity contribution >= 4 is 17.6 Å². The van der Waals surface area contributed by atoms with Crippen LogP contribution in [-0.2, 0) is 5.75 Å². The van der Waals surface area contributed by atoms with E-state index in [4.69, 9.17) is 0 Å². The van der Waals surface area contributed by atoms with Crippen LogP contribution in [0, 0.1) is 6.92 Å². The smallest absolute Gasteiger partial charge is 0.140 e. The largest absolute Gasteiger partial charge is 0.370 e. The fraction of sp³-hybridized carbons (Fsp3) is 0.714. The van der Waals surface area contributed by atoms with Gasteiger partial charge in [0.2, 0.25) is 0 Å². The van der Waals surface area contributed by atoms with E-state index in [-0.39, 0.29) is 0 Å². The molecule has 0 fully saturated rings. The fourth-order valence-electron chi connectivity index (χ4n) is 1.94. The van der Waals surface area contributed by atoms with Crippen LogP contribution in [0.3, 0.4) is 0 Å². The summed E-state index contributed by atoms with van der Waals surface area (Å²) in [5.74, 6) is 3.28. The molecule has 0 aromatic carbocycles. The maximum Gasteiger partial charge on any atom is 0.140 e. The van der Waals surface area contributed by atoms with Gasteiger partial charge in [-0.3, -0.25) is 0 Å². The molecular weight excluding hydrogens is 242 g/mol. The minimum absolute atomic E-state index is 0.450. The third kappa shape index (κ3) is 4.16. The van der Waals surface area contributed by atoms with Gasteiger partial charge in [0.1, 0.15) is 11.6 Å². The summed E-state index contributed by atoms with van der Waals surface area (Å²) < 4.78 is 0. The molecule has 0 bridgehead atoms. The summed E-state index contributed by atoms with van der Waals surface area (Å²) in [4.78, 5) is 9.31. The van der Waals surface area contributed by atoms with Gasteiger partial charge in [-0.1, -0.05) is 27.7 Å². The van der Waals surface area contributed by atoms with Gasteiger partial charge in [-0.2, -0.15) is 11.8 Å². The van der Waals surface area contributed by atoms with E-state index in [1.54, 1.807) is 0 Å². The van der Waals surface area contributed by atoms with Crippen LogP contribution in [0.25, 0.3) is 0 Å². The monoisotopic (exact) mass is 267 g/mol. The van der Waals surface area contributed by atoms with Gasteiger partial charge < -0.3 is 5.32 Å². The van der Waals surface area contributed by atoms with Gasteiger partial charge >= 0.3 is 0 Å². The van der Waals surface area contributed by atoms with Crippen LogP contribution in [0.1, 0.15) is 57.6 Å². The predicted octanol–water partition coefficient (Wildman–Crippen LogP) is 3.98. The molecule has 4 heteroatoms. The summed E-state index contributed by atoms with van der Waals surface area (Å²) >= 11 is 1.88. The lowest BCUT2D eigenvalue weighted by Crippen LogP contribution is -2.11. The van der Waals surface area contributed by atoms with Gasteiger partial charge in [0.15, 0.2) is 0 Å². The molecule has 1 aromatic rings. The second-order valence-corrected chi connectivity index (χ2v) is 6.60. The predicted molar refractivity (Wildman–Crippen MR) is 81.5 cm³/mol. The summed E-state index contributed by atoms with van der Waals surface area (Å²) in [6.45, 7) is 13.9. The quantitative estimate of drug-likeness (QED) is 0.846. The number of hydrogen-bond donors (Lipinski definition) is 1. The molecular formula is C14H25N3S. The van der Waals surface area contributed by atoms with Gasteiger partial charge in [0.05, 0.1) is 5.75 Å². The number of hydrogen-bond acceptors (Lipinski definition) is 4. The van der Waals surface area contributed by atoms with Gasteiger partial charge in [-0.25, -0.2) is 9.97 Å². The highest BCUT2D eigenvalue weighted by Crippen LogP contribution is 2.26. The Morgan fingerprint density at radius 2 is 1.83 bits per heavy atom. The molecule has 1 heterocycles. The first-order valence-electron chi connectivity index (χ1n) is 6.68. The number of aromatic nitrogens is 2. The van der Waals surface area contributed by atoms with Crippen molar-refractivity contribution in [2.24, 2.45) is 0 Å². The topological polar surface area (TPSA) is 37.8 Å². The molecule has 0 radical (unpaired) electrons. The Balaban J connectivity index is 3.02. The van der Waals surface area contributed by atoms with Crippen molar-refractivity contribution in [3.05, 3.63) is 17.1 Å². The van der Waals surface area contributed by atoms with E-state index in [1.807, 2.05) is 11.8 Å². The molecule has 102 valence electrons. The second-order valence-electron chi connectivity index (χ2n) is 5.03. The molecule has 0 aliphatic heterocycles. The molecule has 1 rings (SSSR count). The third-order valence-electron chi connectivity index (χ3n) is 2.65. The van der Waals surface area contributed by atoms with Crippen molar-refractivity contribution < 1.29 is 0 Å². The Morgan fingerprint density at radius 1 is 1.17 bits per heavy atom. The second kappa shape index (κ2) is 6.98. The van der Waals surface area contributed by atoms with Crippen LogP contribution in [0.15, 0.2) is 0 Å². The molecule has 0 unspecified atom stereocenters. The number of thioether (sulfide) groups is 1. The van der Waals surface area contributed by atoms with E-state index in [1.165, 1.54) is 5.56 Å². The average molecular weight is 267 g/mol. The van der Waals surface area contributed by atoms with E-state index in [9.17, 15) is 0 Å². The maximum atomic E-state index is 4.67. The fourth-order valence-corrected chi connectivity index (χ4v) is 2.55. The van der Waals surface area contributed by atoms with Crippen LogP contribution in [0.5, 0.6) is 0 Å². The van der Waals surface area contributed by atoms with Crippen LogP contribution >= 0.6 is 11.8 Å². The first-order valence-corrected chi connectivity index (χ1v) is 7.73. The first kappa shape index (κ1) is 15.3.